The number of benzene rings is 1. The van der Waals surface area contributed by atoms with Crippen LogP contribution in [0.25, 0.3) is 0 Å². The molecule has 1 aliphatic heterocycles. The third-order valence-electron chi connectivity index (χ3n) is 3.32. The molecular weight excluding hydrogens is 356 g/mol. The fourth-order valence-electron chi connectivity index (χ4n) is 2.27. The van der Waals surface area contributed by atoms with Crippen molar-refractivity contribution in [1.82, 2.24) is 14.5 Å². The molecular formula is C13H9Cl4N3O. The van der Waals surface area contributed by atoms with Gasteiger partial charge in [-0.1, -0.05) is 46.4 Å². The van der Waals surface area contributed by atoms with Gasteiger partial charge in [0.2, 0.25) is 0 Å². The van der Waals surface area contributed by atoms with E-state index in [0.29, 0.717) is 46.2 Å². The molecule has 8 heteroatoms. The minimum Gasteiger partial charge on any atom is -0.329 e. The Morgan fingerprint density at radius 2 is 1.90 bits per heavy atom. The van der Waals surface area contributed by atoms with Gasteiger partial charge in [0.25, 0.3) is 5.91 Å². The summed E-state index contributed by atoms with van der Waals surface area (Å²) in [6.07, 6.45) is 0. The smallest absolute Gasteiger partial charge is 0.255 e. The second kappa shape index (κ2) is 5.69. The van der Waals surface area contributed by atoms with Gasteiger partial charge in [0.1, 0.15) is 11.0 Å². The Morgan fingerprint density at radius 1 is 1.14 bits per heavy atom. The topological polar surface area (TPSA) is 38.1 Å². The minimum atomic E-state index is -0.168. The van der Waals surface area contributed by atoms with Crippen molar-refractivity contribution in [3.63, 3.8) is 0 Å². The van der Waals surface area contributed by atoms with Gasteiger partial charge in [0.15, 0.2) is 5.15 Å². The average Bonchev–Trinajstić information content (AvgIpc) is 2.73. The maximum Gasteiger partial charge on any atom is 0.255 e. The molecule has 110 valence electrons. The van der Waals surface area contributed by atoms with Crippen LogP contribution in [0.1, 0.15) is 16.2 Å². The number of carbonyl (C=O) groups excluding carboxylic acids is 1. The van der Waals surface area contributed by atoms with E-state index < -0.39 is 0 Å². The van der Waals surface area contributed by atoms with Crippen molar-refractivity contribution in [3.05, 3.63) is 49.9 Å². The molecule has 1 aliphatic rings. The lowest BCUT2D eigenvalue weighted by molar-refractivity contribution is 0.0708. The van der Waals surface area contributed by atoms with Gasteiger partial charge in [0, 0.05) is 18.1 Å². The average molecular weight is 365 g/mol. The van der Waals surface area contributed by atoms with Crippen LogP contribution in [0.4, 0.5) is 0 Å². The van der Waals surface area contributed by atoms with Crippen molar-refractivity contribution in [1.29, 1.82) is 0 Å². The van der Waals surface area contributed by atoms with Crippen LogP contribution < -0.4 is 0 Å². The lowest BCUT2D eigenvalue weighted by atomic mass is 10.2. The van der Waals surface area contributed by atoms with Crippen molar-refractivity contribution in [3.8, 4) is 0 Å². The highest BCUT2D eigenvalue weighted by atomic mass is 35.5. The fraction of sp³-hybridized carbons (Fsp3) is 0.231. The molecule has 0 spiro atoms. The molecule has 2 aromatic rings. The van der Waals surface area contributed by atoms with Crippen LogP contribution in [-0.4, -0.2) is 26.9 Å². The van der Waals surface area contributed by atoms with Crippen molar-refractivity contribution >= 4 is 52.3 Å². The summed E-state index contributed by atoms with van der Waals surface area (Å²) in [5.74, 6) is 0.493. The Kier molecular flexibility index (Phi) is 4.06. The van der Waals surface area contributed by atoms with Crippen LogP contribution in [0.15, 0.2) is 18.2 Å². The van der Waals surface area contributed by atoms with Gasteiger partial charge < -0.3 is 9.47 Å². The third kappa shape index (κ3) is 2.73. The summed E-state index contributed by atoms with van der Waals surface area (Å²) in [5.41, 5.74) is 0.415. The molecule has 4 nitrogen and oxygen atoms in total. The summed E-state index contributed by atoms with van der Waals surface area (Å²) in [6, 6.07) is 4.81. The van der Waals surface area contributed by atoms with E-state index in [4.69, 9.17) is 46.4 Å². The minimum absolute atomic E-state index is 0.168. The molecule has 0 fully saturated rings. The Bertz CT molecular complexity index is 728. The first-order valence-corrected chi connectivity index (χ1v) is 7.63. The van der Waals surface area contributed by atoms with Crippen LogP contribution in [-0.2, 0) is 13.1 Å². The number of rotatable bonds is 1. The molecule has 2 heterocycles. The van der Waals surface area contributed by atoms with Gasteiger partial charge in [-0.05, 0) is 18.2 Å². The highest BCUT2D eigenvalue weighted by molar-refractivity contribution is 6.40. The summed E-state index contributed by atoms with van der Waals surface area (Å²) in [5, 5.41) is 1.48. The predicted molar refractivity (Wildman–Crippen MR) is 83.4 cm³/mol. The van der Waals surface area contributed by atoms with E-state index in [1.165, 1.54) is 0 Å². The summed E-state index contributed by atoms with van der Waals surface area (Å²) in [7, 11) is 0. The summed E-state index contributed by atoms with van der Waals surface area (Å²) < 4.78 is 1.80. The zero-order valence-corrected chi connectivity index (χ0v) is 13.6. The number of hydrogen-bond donors (Lipinski definition) is 0. The largest absolute Gasteiger partial charge is 0.329 e. The summed E-state index contributed by atoms with van der Waals surface area (Å²) in [6.45, 7) is 1.40. The molecule has 0 bridgehead atoms. The first kappa shape index (κ1) is 15.0. The van der Waals surface area contributed by atoms with Crippen molar-refractivity contribution in [2.45, 2.75) is 13.1 Å². The molecule has 0 aliphatic carbocycles. The van der Waals surface area contributed by atoms with Gasteiger partial charge >= 0.3 is 0 Å². The molecule has 0 radical (unpaired) electrons. The lowest BCUT2D eigenvalue weighted by Crippen LogP contribution is -2.38. The normalized spacial score (nSPS) is 14.2. The number of imidazole rings is 1. The number of halogens is 4. The molecule has 0 unspecified atom stereocenters. The van der Waals surface area contributed by atoms with Gasteiger partial charge in [0.05, 0.1) is 17.1 Å². The zero-order valence-electron chi connectivity index (χ0n) is 10.6. The van der Waals surface area contributed by atoms with Gasteiger partial charge in [-0.15, -0.1) is 0 Å². The third-order valence-corrected chi connectivity index (χ3v) is 4.61. The SMILES string of the molecule is O=C(c1ccc(Cl)cc1Cl)N1CCn2c(nc(Cl)c2Cl)C1. The van der Waals surface area contributed by atoms with E-state index in [1.54, 1.807) is 27.7 Å². The molecule has 1 aromatic heterocycles. The molecule has 0 saturated heterocycles. The van der Waals surface area contributed by atoms with Crippen LogP contribution >= 0.6 is 46.4 Å². The van der Waals surface area contributed by atoms with Gasteiger partial charge in [-0.2, -0.15) is 0 Å². The van der Waals surface area contributed by atoms with Crippen molar-refractivity contribution in [2.24, 2.45) is 0 Å². The molecule has 21 heavy (non-hydrogen) atoms. The van der Waals surface area contributed by atoms with Crippen LogP contribution in [0.2, 0.25) is 20.4 Å². The number of carbonyl (C=O) groups is 1. The fourth-order valence-corrected chi connectivity index (χ4v) is 3.18. The second-order valence-corrected chi connectivity index (χ2v) is 6.17. The molecule has 0 atom stereocenters. The molecule has 1 amide bonds. The Labute approximate surface area is 141 Å². The van der Waals surface area contributed by atoms with Crippen LogP contribution in [0, 0.1) is 0 Å². The molecule has 0 saturated carbocycles. The Hall–Kier alpha value is -0.940. The van der Waals surface area contributed by atoms with Crippen LogP contribution in [0.5, 0.6) is 0 Å². The molecule has 0 N–H and O–H groups in total. The van der Waals surface area contributed by atoms with E-state index in [0.717, 1.165) is 0 Å². The van der Waals surface area contributed by atoms with E-state index in [1.807, 2.05) is 0 Å². The maximum atomic E-state index is 12.5. The van der Waals surface area contributed by atoms with Crippen molar-refractivity contribution < 1.29 is 4.79 Å². The van der Waals surface area contributed by atoms with E-state index in [9.17, 15) is 4.79 Å². The summed E-state index contributed by atoms with van der Waals surface area (Å²) in [4.78, 5) is 18.3. The summed E-state index contributed by atoms with van der Waals surface area (Å²) >= 11 is 23.9. The number of fused-ring (bicyclic) bond motifs is 1. The molecule has 1 aromatic carbocycles. The Balaban J connectivity index is 1.87. The monoisotopic (exact) mass is 363 g/mol. The van der Waals surface area contributed by atoms with E-state index in [-0.39, 0.29) is 11.1 Å². The number of nitrogens with zero attached hydrogens (tertiary/aromatic N) is 3. The second-order valence-electron chi connectivity index (χ2n) is 4.61. The number of aromatic nitrogens is 2. The van der Waals surface area contributed by atoms with Crippen LogP contribution in [0.3, 0.4) is 0 Å². The molecule has 3 rings (SSSR count). The quantitative estimate of drug-likeness (QED) is 0.762. The number of hydrogen-bond acceptors (Lipinski definition) is 2. The predicted octanol–water partition coefficient (Wildman–Crippen LogP) is 4.15. The highest BCUT2D eigenvalue weighted by Gasteiger charge is 2.26. The van der Waals surface area contributed by atoms with Gasteiger partial charge in [-0.25, -0.2) is 4.98 Å². The van der Waals surface area contributed by atoms with E-state index >= 15 is 0 Å². The van der Waals surface area contributed by atoms with Crippen molar-refractivity contribution in [2.75, 3.05) is 6.54 Å². The lowest BCUT2D eigenvalue weighted by Gasteiger charge is -2.28. The zero-order chi connectivity index (χ0) is 15.1. The number of amides is 1. The van der Waals surface area contributed by atoms with E-state index in [2.05, 4.69) is 4.98 Å². The first-order valence-electron chi connectivity index (χ1n) is 6.12. The Morgan fingerprint density at radius 3 is 2.62 bits per heavy atom. The van der Waals surface area contributed by atoms with Gasteiger partial charge in [-0.3, -0.25) is 4.79 Å². The standard InChI is InChI=1S/C13H9Cl4N3O/c14-7-1-2-8(9(15)5-7)13(21)19-3-4-20-10(6-19)18-11(16)12(20)17/h1-2,5H,3-4,6H2. The maximum absolute atomic E-state index is 12.5. The first-order chi connectivity index (χ1) is 9.97. The highest BCUT2D eigenvalue weighted by Crippen LogP contribution is 2.28.